The number of aromatic nitrogens is 4. The molecule has 8 heteroatoms. The van der Waals surface area contributed by atoms with E-state index in [-0.39, 0.29) is 17.5 Å². The molecule has 0 aliphatic rings. The Morgan fingerprint density at radius 2 is 1.62 bits per heavy atom. The summed E-state index contributed by atoms with van der Waals surface area (Å²) in [5.74, 6) is -1.24. The van der Waals surface area contributed by atoms with E-state index in [1.54, 1.807) is 30.7 Å². The smallest absolute Gasteiger partial charge is 0.335 e. The first-order valence-electron chi connectivity index (χ1n) is 12.8. The molecule has 196 valence electrons. The zero-order valence-corrected chi connectivity index (χ0v) is 21.7. The highest BCUT2D eigenvalue weighted by Gasteiger charge is 2.20. The molecular formula is C32H25N5O3. The van der Waals surface area contributed by atoms with E-state index in [2.05, 4.69) is 20.4 Å². The number of amides is 1. The summed E-state index contributed by atoms with van der Waals surface area (Å²) in [5.41, 5.74) is 6.74. The molecule has 0 fully saturated rings. The molecule has 0 radical (unpaired) electrons. The van der Waals surface area contributed by atoms with Crippen molar-refractivity contribution in [2.75, 3.05) is 0 Å². The van der Waals surface area contributed by atoms with Crippen LogP contribution in [0.2, 0.25) is 0 Å². The van der Waals surface area contributed by atoms with Crippen LogP contribution in [0.1, 0.15) is 44.8 Å². The van der Waals surface area contributed by atoms with Crippen LogP contribution in [-0.2, 0) is 6.54 Å². The molecule has 2 aromatic heterocycles. The number of carboxylic acid groups (broad SMARTS) is 1. The topological polar surface area (TPSA) is 110 Å². The fourth-order valence-electron chi connectivity index (χ4n) is 4.88. The summed E-state index contributed by atoms with van der Waals surface area (Å²) in [6.07, 6.45) is 5.12. The van der Waals surface area contributed by atoms with Gasteiger partial charge in [0.05, 0.1) is 46.5 Å². The lowest BCUT2D eigenvalue weighted by atomic mass is 9.99. The number of fused-ring (bicyclic) bond motifs is 2. The molecule has 0 aliphatic heterocycles. The van der Waals surface area contributed by atoms with E-state index in [1.165, 1.54) is 12.1 Å². The fourth-order valence-corrected chi connectivity index (χ4v) is 4.88. The number of aromatic carboxylic acids is 1. The van der Waals surface area contributed by atoms with Crippen LogP contribution in [-0.4, -0.2) is 36.7 Å². The molecular weight excluding hydrogens is 502 g/mol. The Labute approximate surface area is 230 Å². The van der Waals surface area contributed by atoms with E-state index in [4.69, 9.17) is 0 Å². The molecule has 1 amide bonds. The maximum atomic E-state index is 13.8. The number of nitrogens with one attached hydrogen (secondary N) is 1. The van der Waals surface area contributed by atoms with Crippen LogP contribution >= 0.6 is 0 Å². The zero-order chi connectivity index (χ0) is 27.6. The van der Waals surface area contributed by atoms with E-state index >= 15 is 0 Å². The second kappa shape index (κ2) is 10.4. The molecule has 0 unspecified atom stereocenters. The lowest BCUT2D eigenvalue weighted by molar-refractivity contribution is 0.0696. The number of rotatable bonds is 7. The van der Waals surface area contributed by atoms with Crippen molar-refractivity contribution in [1.82, 2.24) is 25.1 Å². The van der Waals surface area contributed by atoms with Crippen molar-refractivity contribution in [3.05, 3.63) is 126 Å². The van der Waals surface area contributed by atoms with Gasteiger partial charge in [-0.15, -0.1) is 0 Å². The maximum absolute atomic E-state index is 13.8. The Kier molecular flexibility index (Phi) is 6.49. The van der Waals surface area contributed by atoms with Crippen molar-refractivity contribution < 1.29 is 14.7 Å². The summed E-state index contributed by atoms with van der Waals surface area (Å²) < 4.78 is 1.84. The van der Waals surface area contributed by atoms with Gasteiger partial charge in [-0.05, 0) is 65.6 Å². The van der Waals surface area contributed by atoms with Gasteiger partial charge in [0.15, 0.2) is 0 Å². The largest absolute Gasteiger partial charge is 0.478 e. The lowest BCUT2D eigenvalue weighted by Crippen LogP contribution is -2.27. The first-order valence-corrected chi connectivity index (χ1v) is 12.8. The van der Waals surface area contributed by atoms with Crippen molar-refractivity contribution in [3.8, 4) is 11.1 Å². The lowest BCUT2D eigenvalue weighted by Gasteiger charge is -2.17. The van der Waals surface area contributed by atoms with Gasteiger partial charge in [0.2, 0.25) is 0 Å². The van der Waals surface area contributed by atoms with Gasteiger partial charge in [-0.2, -0.15) is 5.10 Å². The average molecular weight is 528 g/mol. The number of hydrogen-bond donors (Lipinski definition) is 2. The van der Waals surface area contributed by atoms with E-state index < -0.39 is 5.97 Å². The summed E-state index contributed by atoms with van der Waals surface area (Å²) >= 11 is 0. The minimum Gasteiger partial charge on any atom is -0.478 e. The summed E-state index contributed by atoms with van der Waals surface area (Å²) in [7, 11) is 0. The Morgan fingerprint density at radius 1 is 0.875 bits per heavy atom. The first kappa shape index (κ1) is 24.9. The third-order valence-corrected chi connectivity index (χ3v) is 6.96. The molecule has 0 saturated carbocycles. The molecule has 6 rings (SSSR count). The van der Waals surface area contributed by atoms with E-state index in [9.17, 15) is 14.7 Å². The number of nitrogens with zero attached hydrogens (tertiary/aromatic N) is 4. The van der Waals surface area contributed by atoms with Crippen molar-refractivity contribution >= 4 is 33.8 Å². The Balaban J connectivity index is 1.39. The highest BCUT2D eigenvalue weighted by Crippen LogP contribution is 2.29. The molecule has 0 bridgehead atoms. The van der Waals surface area contributed by atoms with Crippen LogP contribution in [0.4, 0.5) is 0 Å². The molecule has 0 spiro atoms. The number of carbonyl (C=O) groups is 2. The van der Waals surface area contributed by atoms with E-state index in [0.29, 0.717) is 12.1 Å². The third kappa shape index (κ3) is 4.90. The van der Waals surface area contributed by atoms with Gasteiger partial charge < -0.3 is 10.4 Å². The van der Waals surface area contributed by atoms with Crippen molar-refractivity contribution in [3.63, 3.8) is 0 Å². The van der Waals surface area contributed by atoms with Gasteiger partial charge in [-0.3, -0.25) is 19.4 Å². The zero-order valence-electron chi connectivity index (χ0n) is 21.7. The predicted octanol–water partition coefficient (Wildman–Crippen LogP) is 5.88. The van der Waals surface area contributed by atoms with Gasteiger partial charge in [0.25, 0.3) is 5.91 Å². The highest BCUT2D eigenvalue weighted by atomic mass is 16.4. The summed E-state index contributed by atoms with van der Waals surface area (Å²) in [5, 5.41) is 17.8. The number of benzene rings is 4. The minimum atomic E-state index is -0.991. The molecule has 40 heavy (non-hydrogen) atoms. The molecule has 4 aromatic carbocycles. The van der Waals surface area contributed by atoms with Gasteiger partial charge in [-0.1, -0.05) is 48.5 Å². The molecule has 1 atom stereocenters. The Morgan fingerprint density at radius 3 is 2.38 bits per heavy atom. The molecule has 8 nitrogen and oxygen atoms in total. The highest BCUT2D eigenvalue weighted by molar-refractivity contribution is 6.07. The standard InChI is InChI=1S/C32H25N5O3/c1-20(22-8-10-24(11-9-22)32(39)40)36-31(38)27-17-25(23-5-3-2-4-6-23)16-26-18-35-37(30(26)27)19-21-7-12-28-29(15-21)34-14-13-33-28/h2-18,20H,19H2,1H3,(H,36,38)(H,39,40)/t20-/m0/s1. The van der Waals surface area contributed by atoms with Crippen LogP contribution in [0.3, 0.4) is 0 Å². The van der Waals surface area contributed by atoms with Gasteiger partial charge in [-0.25, -0.2) is 4.79 Å². The van der Waals surface area contributed by atoms with E-state index in [1.807, 2.05) is 72.3 Å². The van der Waals surface area contributed by atoms with Crippen LogP contribution in [0.5, 0.6) is 0 Å². The Hall–Kier alpha value is -5.37. The van der Waals surface area contributed by atoms with Gasteiger partial charge in [0, 0.05) is 17.8 Å². The summed E-state index contributed by atoms with van der Waals surface area (Å²) in [6, 6.07) is 25.9. The number of carbonyl (C=O) groups excluding carboxylic acids is 1. The minimum absolute atomic E-state index is 0.197. The predicted molar refractivity (Wildman–Crippen MR) is 153 cm³/mol. The second-order valence-electron chi connectivity index (χ2n) is 9.63. The number of carboxylic acids is 1. The molecule has 6 aromatic rings. The molecule has 2 N–H and O–H groups in total. The van der Waals surface area contributed by atoms with Crippen molar-refractivity contribution in [2.24, 2.45) is 0 Å². The normalized spacial score (nSPS) is 11.9. The molecule has 2 heterocycles. The van der Waals surface area contributed by atoms with Crippen LogP contribution in [0.15, 0.2) is 104 Å². The van der Waals surface area contributed by atoms with Crippen molar-refractivity contribution in [1.29, 1.82) is 0 Å². The molecule has 0 saturated heterocycles. The quantitative estimate of drug-likeness (QED) is 0.268. The molecule has 0 aliphatic carbocycles. The van der Waals surface area contributed by atoms with Gasteiger partial charge in [0.1, 0.15) is 0 Å². The van der Waals surface area contributed by atoms with Crippen LogP contribution in [0.25, 0.3) is 33.1 Å². The number of hydrogen-bond acceptors (Lipinski definition) is 5. The SMILES string of the molecule is C[C@H](NC(=O)c1cc(-c2ccccc2)cc2cnn(Cc3ccc4nccnc4c3)c12)c1ccc(C(=O)O)cc1. The monoisotopic (exact) mass is 527 g/mol. The van der Waals surface area contributed by atoms with Gasteiger partial charge >= 0.3 is 5.97 Å². The summed E-state index contributed by atoms with van der Waals surface area (Å²) in [6.45, 7) is 2.33. The first-order chi connectivity index (χ1) is 19.5. The fraction of sp³-hybridized carbons (Fsp3) is 0.0938. The second-order valence-corrected chi connectivity index (χ2v) is 9.63. The maximum Gasteiger partial charge on any atom is 0.335 e. The third-order valence-electron chi connectivity index (χ3n) is 6.96. The van der Waals surface area contributed by atoms with Crippen LogP contribution in [0, 0.1) is 0 Å². The van der Waals surface area contributed by atoms with E-state index in [0.717, 1.165) is 44.2 Å². The average Bonchev–Trinajstić information content (AvgIpc) is 3.39. The summed E-state index contributed by atoms with van der Waals surface area (Å²) in [4.78, 5) is 33.8. The van der Waals surface area contributed by atoms with Crippen molar-refractivity contribution in [2.45, 2.75) is 19.5 Å². The Bertz CT molecular complexity index is 1860. The van der Waals surface area contributed by atoms with Crippen LogP contribution < -0.4 is 5.32 Å².